The molecule has 2 N–H and O–H groups in total. The highest BCUT2D eigenvalue weighted by molar-refractivity contribution is 8.00. The highest BCUT2D eigenvalue weighted by Crippen LogP contribution is 2.42. The van der Waals surface area contributed by atoms with Crippen LogP contribution in [0.2, 0.25) is 0 Å². The van der Waals surface area contributed by atoms with Crippen molar-refractivity contribution in [2.45, 2.75) is 58.4 Å². The van der Waals surface area contributed by atoms with Gasteiger partial charge in [0.2, 0.25) is 32.7 Å². The molecule has 1 saturated heterocycles. The van der Waals surface area contributed by atoms with Crippen molar-refractivity contribution in [3.05, 3.63) is 119 Å². The third kappa shape index (κ3) is 13.5. The number of sulfonamides is 2. The number of rotatable bonds is 12. The molecule has 0 spiro atoms. The molecule has 1 fully saturated rings. The number of nitrogens with zero attached hydrogens (tertiary/aromatic N) is 3. The minimum atomic E-state index is -4.01. The van der Waals surface area contributed by atoms with E-state index in [1.807, 2.05) is 0 Å². The van der Waals surface area contributed by atoms with E-state index in [0.717, 1.165) is 54.5 Å². The van der Waals surface area contributed by atoms with Gasteiger partial charge >= 0.3 is 0 Å². The lowest BCUT2D eigenvalue weighted by Gasteiger charge is -2.19. The first-order valence-corrected chi connectivity index (χ1v) is 30.6. The van der Waals surface area contributed by atoms with Crippen LogP contribution >= 0.6 is 23.5 Å². The smallest absolute Gasteiger partial charge is 0.284 e. The Bertz CT molecular complexity index is 3540. The number of nitrogens with two attached hydrogens (primary N) is 1. The van der Waals surface area contributed by atoms with Crippen LogP contribution in [0.1, 0.15) is 19.3 Å². The van der Waals surface area contributed by atoms with Crippen molar-refractivity contribution in [1.82, 2.24) is 9.29 Å². The fraction of sp³-hybridized carbons (Fsp3) is 0.255. The Balaban J connectivity index is 0.000000148. The highest BCUT2D eigenvalue weighted by Gasteiger charge is 2.28. The normalized spacial score (nSPS) is 15.1. The molecule has 5 heterocycles. The van der Waals surface area contributed by atoms with Gasteiger partial charge in [0.25, 0.3) is 5.69 Å². The molecule has 4 aliphatic heterocycles. The molecule has 21 nitrogen and oxygen atoms in total. The van der Waals surface area contributed by atoms with Gasteiger partial charge in [-0.1, -0.05) is 23.5 Å². The number of fused-ring (bicyclic) bond motifs is 3. The van der Waals surface area contributed by atoms with Crippen LogP contribution in [0.5, 0.6) is 46.1 Å². The van der Waals surface area contributed by atoms with E-state index >= 15 is 0 Å². The van der Waals surface area contributed by atoms with E-state index in [0.29, 0.717) is 100 Å². The van der Waals surface area contributed by atoms with Gasteiger partial charge in [-0.3, -0.25) is 10.1 Å². The average Bonchev–Trinajstić information content (AvgIpc) is 4.03. The Hall–Kier alpha value is -6.33. The molecule has 74 heavy (non-hydrogen) atoms. The summed E-state index contributed by atoms with van der Waals surface area (Å²) >= 11 is 2.35. The summed E-state index contributed by atoms with van der Waals surface area (Å²) in [5.41, 5.74) is -0.330. The van der Waals surface area contributed by atoms with E-state index in [1.165, 1.54) is 58.7 Å². The predicted octanol–water partition coefficient (Wildman–Crippen LogP) is 7.36. The fourth-order valence-electron chi connectivity index (χ4n) is 7.26. The van der Waals surface area contributed by atoms with Crippen molar-refractivity contribution in [3.8, 4) is 46.1 Å². The summed E-state index contributed by atoms with van der Waals surface area (Å²) in [6.45, 7) is 3.38. The maximum atomic E-state index is 12.4. The van der Waals surface area contributed by atoms with Crippen LogP contribution in [0.4, 0.5) is 5.69 Å². The minimum Gasteiger partial charge on any atom is -0.490 e. The van der Waals surface area contributed by atoms with Crippen molar-refractivity contribution < 1.29 is 71.8 Å². The standard InChI is InChI=1S/C16H16N2O5S.C16H16O6S3.C15H14N2O6S2/c19-24(20,18-7-1-2-8-18)13-4-6-16(17-10-13)23-12-3-5-14-15(9-12)22-11-21-14;1-24(17,18)12-4-6-15(16(10-12)25(2,19)20)23-11-3-5-13-14(9-11)22-8-7-21-13;16-25(20,21)11-3-5-15(12(9-11)17(18)19)24-10-2-4-13-14(8-10)23-7-1-6-22-13/h3-6,9-10H,1-2,7-8,11H2;3-6,9-10H,7-8H2,1-2H3;2-5,8-9H,1,6-7H2,(H2,16,20,21). The number of nitro benzene ring substituents is 1. The van der Waals surface area contributed by atoms with E-state index in [9.17, 15) is 43.8 Å². The first kappa shape index (κ1) is 53.9. The molecular formula is C47H46N4O17S6. The third-order valence-electron chi connectivity index (χ3n) is 10.9. The van der Waals surface area contributed by atoms with Gasteiger partial charge in [-0.25, -0.2) is 43.8 Å². The summed E-state index contributed by atoms with van der Waals surface area (Å²) in [5, 5.41) is 16.3. The van der Waals surface area contributed by atoms with E-state index in [-0.39, 0.29) is 32.1 Å². The number of sulfone groups is 2. The van der Waals surface area contributed by atoms with Crippen LogP contribution < -0.4 is 38.3 Å². The van der Waals surface area contributed by atoms with Gasteiger partial charge < -0.3 is 33.2 Å². The number of aromatic nitrogens is 1. The second-order valence-electron chi connectivity index (χ2n) is 16.3. The summed E-state index contributed by atoms with van der Waals surface area (Å²) in [6.07, 6.45) is 6.01. The lowest BCUT2D eigenvalue weighted by Crippen LogP contribution is -2.27. The molecule has 1 aromatic heterocycles. The molecule has 0 unspecified atom stereocenters. The molecule has 392 valence electrons. The number of pyridine rings is 1. The molecular weight excluding hydrogens is 1080 g/mol. The van der Waals surface area contributed by atoms with Crippen molar-refractivity contribution in [2.75, 3.05) is 58.8 Å². The number of ether oxygens (including phenoxy) is 7. The van der Waals surface area contributed by atoms with Crippen LogP contribution in [0.3, 0.4) is 0 Å². The first-order chi connectivity index (χ1) is 35.1. The summed E-state index contributed by atoms with van der Waals surface area (Å²) in [5.74, 6) is 4.59. The van der Waals surface area contributed by atoms with Crippen LogP contribution in [-0.2, 0) is 39.7 Å². The number of nitro groups is 1. The Morgan fingerprint density at radius 2 is 1.12 bits per heavy atom. The van der Waals surface area contributed by atoms with Crippen LogP contribution in [-0.4, -0.2) is 107 Å². The number of benzene rings is 5. The van der Waals surface area contributed by atoms with Gasteiger partial charge in [-0.15, -0.1) is 0 Å². The molecule has 6 aromatic rings. The van der Waals surface area contributed by atoms with Crippen molar-refractivity contribution in [2.24, 2.45) is 5.14 Å². The lowest BCUT2D eigenvalue weighted by atomic mass is 10.3. The topological polar surface area (TPSA) is 286 Å². The Labute approximate surface area is 435 Å². The average molecular weight is 1130 g/mol. The summed E-state index contributed by atoms with van der Waals surface area (Å²) in [4.78, 5) is 16.8. The third-order valence-corrected chi connectivity index (χ3v) is 18.2. The van der Waals surface area contributed by atoms with E-state index < -0.39 is 44.6 Å². The van der Waals surface area contributed by atoms with Crippen molar-refractivity contribution >= 4 is 68.9 Å². The summed E-state index contributed by atoms with van der Waals surface area (Å²) in [6, 6.07) is 26.5. The molecule has 0 aliphatic carbocycles. The van der Waals surface area contributed by atoms with Gasteiger partial charge in [0.15, 0.2) is 54.2 Å². The summed E-state index contributed by atoms with van der Waals surface area (Å²) < 4.78 is 135. The fourth-order valence-corrected chi connectivity index (χ4v) is 13.1. The first-order valence-electron chi connectivity index (χ1n) is 22.2. The summed E-state index contributed by atoms with van der Waals surface area (Å²) in [7, 11) is -14.6. The lowest BCUT2D eigenvalue weighted by molar-refractivity contribution is -0.388. The number of hydrogen-bond acceptors (Lipinski definition) is 20. The van der Waals surface area contributed by atoms with E-state index in [1.54, 1.807) is 60.7 Å². The molecule has 0 atom stereocenters. The van der Waals surface area contributed by atoms with Crippen molar-refractivity contribution in [3.63, 3.8) is 0 Å². The second-order valence-corrected chi connectivity index (χ2v) is 26.0. The van der Waals surface area contributed by atoms with Gasteiger partial charge in [0.1, 0.15) is 23.9 Å². The molecule has 5 aromatic carbocycles. The number of hydrogen-bond donors (Lipinski definition) is 1. The van der Waals surface area contributed by atoms with Gasteiger partial charge in [0, 0.05) is 64.9 Å². The molecule has 0 amide bonds. The highest BCUT2D eigenvalue weighted by atomic mass is 32.2. The maximum absolute atomic E-state index is 12.4. The van der Waals surface area contributed by atoms with E-state index in [2.05, 4.69) is 4.98 Å². The zero-order valence-corrected chi connectivity index (χ0v) is 44.2. The van der Waals surface area contributed by atoms with Gasteiger partial charge in [-0.2, -0.15) is 4.31 Å². The second kappa shape index (κ2) is 22.6. The molecule has 27 heteroatoms. The Morgan fingerprint density at radius 3 is 1.73 bits per heavy atom. The molecule has 0 bridgehead atoms. The van der Waals surface area contributed by atoms with Crippen LogP contribution in [0, 0.1) is 10.1 Å². The monoisotopic (exact) mass is 1130 g/mol. The van der Waals surface area contributed by atoms with Crippen LogP contribution in [0.15, 0.2) is 148 Å². The van der Waals surface area contributed by atoms with Gasteiger partial charge in [0.05, 0.1) is 43.9 Å². The zero-order valence-electron chi connectivity index (χ0n) is 39.3. The van der Waals surface area contributed by atoms with Gasteiger partial charge in [-0.05, 0) is 97.8 Å². The molecule has 0 radical (unpaired) electrons. The SMILES string of the molecule is CS(=O)(=O)c1ccc(Sc2ccc3c(c2)OCCO3)c(S(C)(=O)=O)c1.NS(=O)(=O)c1ccc(Sc2ccc3c(c2)OCCCO3)c([N+](=O)[O-])c1.O=S(=O)(c1ccc(Oc2ccc3c(c2)OCO3)nc1)N1CCCC1. The zero-order chi connectivity index (χ0) is 52.8. The van der Waals surface area contributed by atoms with E-state index in [4.69, 9.17) is 38.3 Å². The Kier molecular flexibility index (Phi) is 16.5. The minimum absolute atomic E-state index is 0.0182. The largest absolute Gasteiger partial charge is 0.490 e. The predicted molar refractivity (Wildman–Crippen MR) is 270 cm³/mol. The maximum Gasteiger partial charge on any atom is 0.284 e. The Morgan fingerprint density at radius 1 is 0.581 bits per heavy atom. The quantitative estimate of drug-likeness (QED) is 0.0925. The molecule has 4 aliphatic rings. The van der Waals surface area contributed by atoms with Crippen molar-refractivity contribution in [1.29, 1.82) is 0 Å². The molecule has 0 saturated carbocycles. The van der Waals surface area contributed by atoms with Crippen LogP contribution in [0.25, 0.3) is 0 Å². The molecule has 10 rings (SSSR count). The number of primary sulfonamides is 1.